The Morgan fingerprint density at radius 3 is 1.74 bits per heavy atom. The molecule has 0 radical (unpaired) electrons. The Hall–Kier alpha value is -0.630. The molecule has 1 rings (SSSR count). The summed E-state index contributed by atoms with van der Waals surface area (Å²) in [5, 5.41) is -6.81. The number of rotatable bonds is 7. The van der Waals surface area contributed by atoms with E-state index in [2.05, 4.69) is 10.2 Å². The fraction of sp³-hybridized carbons (Fsp3) is 0.846. The molecule has 3 nitrogen and oxygen atoms in total. The van der Waals surface area contributed by atoms with Crippen LogP contribution >= 0.6 is 10.3 Å². The molecule has 1 saturated heterocycles. The highest BCUT2D eigenvalue weighted by Crippen LogP contribution is 2.60. The highest BCUT2D eigenvalue weighted by atomic mass is 32.3. The molecule has 0 aromatic heterocycles. The molecule has 0 bridgehead atoms. The minimum Gasteiger partial charge on any atom is -0.215 e. The van der Waals surface area contributed by atoms with E-state index in [9.17, 15) is 47.9 Å². The molecular formula is C13H17F9O3S2. The van der Waals surface area contributed by atoms with Crippen LogP contribution in [0.4, 0.5) is 39.5 Å². The topological polar surface area (TPSA) is 43.4 Å². The molecule has 0 unspecified atom stereocenters. The van der Waals surface area contributed by atoms with E-state index in [1.165, 1.54) is 6.92 Å². The van der Waals surface area contributed by atoms with Crippen molar-refractivity contribution in [2.24, 2.45) is 0 Å². The maximum absolute atomic E-state index is 13.8. The van der Waals surface area contributed by atoms with E-state index in [-0.39, 0.29) is 22.8 Å². The van der Waals surface area contributed by atoms with Crippen LogP contribution in [0, 0.1) is 0 Å². The molecule has 1 heterocycles. The van der Waals surface area contributed by atoms with Gasteiger partial charge in [-0.25, -0.2) is 3.63 Å². The first-order valence-electron chi connectivity index (χ1n) is 7.39. The molecule has 0 spiro atoms. The predicted octanol–water partition coefficient (Wildman–Crippen LogP) is 5.24. The van der Waals surface area contributed by atoms with Crippen molar-refractivity contribution in [3.05, 3.63) is 12.2 Å². The van der Waals surface area contributed by atoms with Crippen molar-refractivity contribution in [3.63, 3.8) is 0 Å². The summed E-state index contributed by atoms with van der Waals surface area (Å²) in [4.78, 5) is 0. The molecule has 0 saturated carbocycles. The molecule has 14 heteroatoms. The van der Waals surface area contributed by atoms with Crippen molar-refractivity contribution >= 4 is 20.4 Å². The zero-order valence-electron chi connectivity index (χ0n) is 13.9. The zero-order chi connectivity index (χ0) is 21.5. The molecule has 1 aliphatic heterocycles. The van der Waals surface area contributed by atoms with Crippen LogP contribution in [-0.2, 0) is 13.7 Å². The third-order valence-electron chi connectivity index (χ3n) is 3.71. The standard InChI is InChI=1S/C13H17F9O3S2/c1-9(2)8-26(6-4-3-5-7-26)25-27(23,24)13(21,22)11(16,17)10(14,15)12(18,19)20/h1,3-8H2,2H3. The van der Waals surface area contributed by atoms with Crippen LogP contribution in [0.3, 0.4) is 0 Å². The van der Waals surface area contributed by atoms with Crippen LogP contribution in [0.5, 0.6) is 0 Å². The predicted molar refractivity (Wildman–Crippen MR) is 81.8 cm³/mol. The third kappa shape index (κ3) is 4.36. The number of alkyl halides is 9. The molecular weight excluding hydrogens is 439 g/mol. The average molecular weight is 456 g/mol. The molecule has 1 fully saturated rings. The summed E-state index contributed by atoms with van der Waals surface area (Å²) in [6.45, 7) is 4.83. The Labute approximate surface area is 151 Å². The Kier molecular flexibility index (Phi) is 6.62. The van der Waals surface area contributed by atoms with Gasteiger partial charge in [-0.15, -0.1) is 10.3 Å². The van der Waals surface area contributed by atoms with Gasteiger partial charge in [0.25, 0.3) is 0 Å². The first-order valence-corrected chi connectivity index (χ1v) is 10.9. The summed E-state index contributed by atoms with van der Waals surface area (Å²) in [6, 6.07) is 0. The quantitative estimate of drug-likeness (QED) is 0.389. The van der Waals surface area contributed by atoms with Gasteiger partial charge >= 0.3 is 33.4 Å². The van der Waals surface area contributed by atoms with Gasteiger partial charge in [-0.1, -0.05) is 18.6 Å². The molecule has 0 N–H and O–H groups in total. The van der Waals surface area contributed by atoms with Crippen LogP contribution < -0.4 is 0 Å². The van der Waals surface area contributed by atoms with E-state index >= 15 is 0 Å². The van der Waals surface area contributed by atoms with Crippen LogP contribution in [0.2, 0.25) is 0 Å². The van der Waals surface area contributed by atoms with Crippen molar-refractivity contribution in [3.8, 4) is 0 Å². The molecule has 0 atom stereocenters. The monoisotopic (exact) mass is 456 g/mol. The van der Waals surface area contributed by atoms with E-state index in [4.69, 9.17) is 0 Å². The molecule has 162 valence electrons. The lowest BCUT2D eigenvalue weighted by Crippen LogP contribution is -2.63. The highest BCUT2D eigenvalue weighted by molar-refractivity contribution is 8.33. The van der Waals surface area contributed by atoms with Crippen LogP contribution in [0.25, 0.3) is 0 Å². The normalized spacial score (nSPS) is 21.0. The SMILES string of the molecule is C=C(C)CS1(OS(=O)(=O)C(F)(F)C(F)(F)C(F)(F)C(F)(F)F)CCCCC1. The maximum atomic E-state index is 13.8. The molecule has 0 aliphatic carbocycles. The van der Waals surface area contributed by atoms with Crippen LogP contribution in [0.1, 0.15) is 26.2 Å². The second-order valence-electron chi connectivity index (χ2n) is 6.22. The summed E-state index contributed by atoms with van der Waals surface area (Å²) in [5.74, 6) is -15.1. The summed E-state index contributed by atoms with van der Waals surface area (Å²) in [5.41, 5.74) is 0.262. The van der Waals surface area contributed by atoms with Crippen molar-refractivity contribution in [1.29, 1.82) is 0 Å². The average Bonchev–Trinajstić information content (AvgIpc) is 2.44. The lowest BCUT2D eigenvalue weighted by molar-refractivity contribution is -0.382. The lowest BCUT2D eigenvalue weighted by atomic mass is 10.1. The van der Waals surface area contributed by atoms with Crippen LogP contribution in [0.15, 0.2) is 12.2 Å². The van der Waals surface area contributed by atoms with Gasteiger partial charge in [0.1, 0.15) is 0 Å². The smallest absolute Gasteiger partial charge is 0.215 e. The van der Waals surface area contributed by atoms with E-state index in [0.29, 0.717) is 19.3 Å². The third-order valence-corrected chi connectivity index (χ3v) is 9.55. The Morgan fingerprint density at radius 1 is 0.926 bits per heavy atom. The van der Waals surface area contributed by atoms with Crippen molar-refractivity contribution < 1.29 is 51.6 Å². The Bertz CT molecular complexity index is 665. The molecule has 0 amide bonds. The highest BCUT2D eigenvalue weighted by Gasteiger charge is 2.86. The summed E-state index contributed by atoms with van der Waals surface area (Å²) < 4.78 is 145. The number of hydrogen-bond donors (Lipinski definition) is 0. The summed E-state index contributed by atoms with van der Waals surface area (Å²) in [7, 11) is -9.84. The largest absolute Gasteiger partial charge is 0.460 e. The van der Waals surface area contributed by atoms with E-state index < -0.39 is 43.7 Å². The first kappa shape index (κ1) is 24.4. The number of halogens is 9. The second kappa shape index (κ2) is 7.32. The lowest BCUT2D eigenvalue weighted by Gasteiger charge is -2.43. The molecule has 0 aromatic carbocycles. The second-order valence-corrected chi connectivity index (χ2v) is 11.2. The van der Waals surface area contributed by atoms with Gasteiger partial charge < -0.3 is 0 Å². The fourth-order valence-corrected chi connectivity index (χ4v) is 8.34. The summed E-state index contributed by atoms with van der Waals surface area (Å²) >= 11 is 0. The van der Waals surface area contributed by atoms with Gasteiger partial charge in [-0.2, -0.15) is 47.9 Å². The van der Waals surface area contributed by atoms with E-state index in [0.717, 1.165) is 0 Å². The van der Waals surface area contributed by atoms with Crippen molar-refractivity contribution in [1.82, 2.24) is 0 Å². The van der Waals surface area contributed by atoms with Crippen molar-refractivity contribution in [2.45, 2.75) is 49.5 Å². The molecule has 27 heavy (non-hydrogen) atoms. The minimum absolute atomic E-state index is 0.115. The minimum atomic E-state index is -7.30. The van der Waals surface area contributed by atoms with Gasteiger partial charge in [-0.05, 0) is 19.8 Å². The van der Waals surface area contributed by atoms with E-state index in [1.54, 1.807) is 0 Å². The van der Waals surface area contributed by atoms with Gasteiger partial charge in [-0.3, -0.25) is 0 Å². The molecule has 0 aromatic rings. The van der Waals surface area contributed by atoms with Crippen LogP contribution in [-0.4, -0.2) is 49.0 Å². The maximum Gasteiger partial charge on any atom is 0.460 e. The van der Waals surface area contributed by atoms with Gasteiger partial charge in [0.2, 0.25) is 0 Å². The Balaban J connectivity index is 3.36. The molecule has 1 aliphatic rings. The zero-order valence-corrected chi connectivity index (χ0v) is 15.5. The fourth-order valence-electron chi connectivity index (χ4n) is 2.45. The van der Waals surface area contributed by atoms with Crippen molar-refractivity contribution in [2.75, 3.05) is 17.3 Å². The van der Waals surface area contributed by atoms with Gasteiger partial charge in [0.05, 0.1) is 0 Å². The van der Waals surface area contributed by atoms with Gasteiger partial charge in [0, 0.05) is 17.3 Å². The first-order chi connectivity index (χ1) is 11.8. The Morgan fingerprint density at radius 2 is 1.37 bits per heavy atom. The summed E-state index contributed by atoms with van der Waals surface area (Å²) in [6.07, 6.45) is -5.97. The van der Waals surface area contributed by atoms with Gasteiger partial charge in [0.15, 0.2) is 0 Å². The number of hydrogen-bond acceptors (Lipinski definition) is 3. The van der Waals surface area contributed by atoms with E-state index in [1.807, 2.05) is 0 Å².